The van der Waals surface area contributed by atoms with E-state index >= 15 is 0 Å². The van der Waals surface area contributed by atoms with Crippen LogP contribution in [0.5, 0.6) is 0 Å². The van der Waals surface area contributed by atoms with E-state index in [0.29, 0.717) is 23.1 Å². The van der Waals surface area contributed by atoms with Gasteiger partial charge in [-0.3, -0.25) is 0 Å². The molecular weight excluding hydrogens is 319 g/mol. The maximum atomic E-state index is 11.0. The fourth-order valence-electron chi connectivity index (χ4n) is 1.51. The summed E-state index contributed by atoms with van der Waals surface area (Å²) in [6, 6.07) is 13.3. The Morgan fingerprint density at radius 1 is 1.11 bits per heavy atom. The van der Waals surface area contributed by atoms with Crippen LogP contribution < -0.4 is 10.3 Å². The van der Waals surface area contributed by atoms with Crippen LogP contribution in [0, 0.1) is 4.91 Å². The van der Waals surface area contributed by atoms with Gasteiger partial charge in [0.25, 0.3) is 0 Å². The molecule has 0 aliphatic rings. The van der Waals surface area contributed by atoms with Crippen LogP contribution in [0.4, 0.5) is 17.1 Å². The largest absolute Gasteiger partial charge is 0.490 e. The van der Waals surface area contributed by atoms with Gasteiger partial charge >= 0.3 is 0 Å². The van der Waals surface area contributed by atoms with Crippen molar-refractivity contribution in [1.29, 1.82) is 0 Å². The van der Waals surface area contributed by atoms with Crippen molar-refractivity contribution < 1.29 is 38.9 Å². The van der Waals surface area contributed by atoms with Gasteiger partial charge < -0.3 is 10.1 Å². The molecule has 0 aliphatic carbocycles. The summed E-state index contributed by atoms with van der Waals surface area (Å²) < 4.78 is 7.40. The molecule has 2 aromatic rings. The quantitative estimate of drug-likeness (QED) is 0.397. The molecule has 2 aromatic carbocycles. The first-order chi connectivity index (χ1) is 9.24. The van der Waals surface area contributed by atoms with Gasteiger partial charge in [0.05, 0.1) is 24.4 Å². The predicted octanol–water partition coefficient (Wildman–Crippen LogP) is 2.98. The van der Waals surface area contributed by atoms with Crippen LogP contribution in [0.1, 0.15) is 1.37 Å². The van der Waals surface area contributed by atoms with Crippen LogP contribution in [0.3, 0.4) is 0 Å². The van der Waals surface area contributed by atoms with Crippen LogP contribution in [0.25, 0.3) is 0 Å². The van der Waals surface area contributed by atoms with Gasteiger partial charge in [-0.05, 0) is 12.1 Å². The molecule has 1 radical (unpaired) electrons. The Bertz CT molecular complexity index is 575. The zero-order chi connectivity index (χ0) is 13.7. The maximum absolute atomic E-state index is 11.0. The van der Waals surface area contributed by atoms with E-state index in [1.165, 1.54) is 5.01 Å². The molecule has 19 heavy (non-hydrogen) atoms. The van der Waals surface area contributed by atoms with Crippen LogP contribution >= 0.6 is 0 Å². The van der Waals surface area contributed by atoms with Crippen LogP contribution in [-0.4, -0.2) is 6.41 Å². The van der Waals surface area contributed by atoms with E-state index in [0.717, 1.165) is 0 Å². The second-order valence-corrected chi connectivity index (χ2v) is 3.43. The number of hydrogen-bond donors (Lipinski definition) is 1. The zero-order valence-corrected chi connectivity index (χ0v) is 12.7. The van der Waals surface area contributed by atoms with E-state index in [1.54, 1.807) is 54.9 Å². The van der Waals surface area contributed by atoms with Gasteiger partial charge in [0.15, 0.2) is 0 Å². The Morgan fingerprint density at radius 2 is 1.68 bits per heavy atom. The molecule has 1 amide bonds. The van der Waals surface area contributed by atoms with Gasteiger partial charge in [0, 0.05) is 32.7 Å². The first kappa shape index (κ1) is 13.8. The smallest absolute Gasteiger partial charge is 0.0692 e. The molecule has 5 nitrogen and oxygen atoms in total. The Morgan fingerprint density at radius 3 is 2.21 bits per heavy atom. The third kappa shape index (κ3) is 3.94. The number of nitroso groups, excluding NO2 is 1. The van der Waals surface area contributed by atoms with Gasteiger partial charge in [0.2, 0.25) is 0 Å². The summed E-state index contributed by atoms with van der Waals surface area (Å²) >= 11 is 0. The summed E-state index contributed by atoms with van der Waals surface area (Å²) in [5, 5.41) is 6.54. The molecule has 0 bridgehead atoms. The number of benzene rings is 2. The van der Waals surface area contributed by atoms with E-state index in [-0.39, 0.29) is 32.7 Å². The fourth-order valence-corrected chi connectivity index (χ4v) is 1.51. The molecule has 93 valence electrons. The molecule has 0 atom stereocenters. The summed E-state index contributed by atoms with van der Waals surface area (Å²) in [4.78, 5) is 21.1. The fraction of sp³-hybridized carbons (Fsp3) is 0. The Labute approximate surface area is 137 Å². The molecule has 0 aliphatic heterocycles. The van der Waals surface area contributed by atoms with Crippen molar-refractivity contribution in [3.63, 3.8) is 0 Å². The van der Waals surface area contributed by atoms with Crippen molar-refractivity contribution >= 4 is 23.5 Å². The van der Waals surface area contributed by atoms with Crippen LogP contribution in [-0.2, 0) is 37.5 Å². The maximum Gasteiger partial charge on any atom is 0.0692 e. The minimum Gasteiger partial charge on any atom is -0.490 e. The summed E-state index contributed by atoms with van der Waals surface area (Å²) in [6.07, 6.45) is 1.56. The topological polar surface area (TPSA) is 61.8 Å². The van der Waals surface area contributed by atoms with Gasteiger partial charge in [-0.15, -0.1) is 22.7 Å². The molecule has 0 aromatic heterocycles. The van der Waals surface area contributed by atoms with Gasteiger partial charge in [-0.25, -0.2) is 0 Å². The van der Waals surface area contributed by atoms with E-state index in [9.17, 15) is 9.70 Å². The molecule has 2 rings (SSSR count). The number of amides is 1. The Kier molecular flexibility index (Phi) is 5.65. The summed E-state index contributed by atoms with van der Waals surface area (Å²) in [6.45, 7) is 0. The van der Waals surface area contributed by atoms with Crippen molar-refractivity contribution in [2.24, 2.45) is 5.29 Å². The molecule has 6 heteroatoms. The number of nitrogens with one attached hydrogen (secondary N) is 1. The number of carbonyl (C=O) groups excluding carboxylic acids is 1. The summed E-state index contributed by atoms with van der Waals surface area (Å²) in [5.74, 6) is 0. The van der Waals surface area contributed by atoms with Crippen molar-refractivity contribution in [2.45, 2.75) is 0 Å². The minimum atomic E-state index is 0. The van der Waals surface area contributed by atoms with Crippen LogP contribution in [0.2, 0.25) is 0 Å². The summed E-state index contributed by atoms with van der Waals surface area (Å²) in [7, 11) is 0. The summed E-state index contributed by atoms with van der Waals surface area (Å²) in [5.41, 5.74) is 1.70. The average Bonchev–Trinajstić information content (AvgIpc) is 2.44. The Hall–Kier alpha value is -1.59. The molecule has 0 spiro atoms. The Balaban J connectivity index is 0.00000200. The number of hydrogen-bond acceptors (Lipinski definition) is 3. The zero-order valence-electron chi connectivity index (χ0n) is 10.9. The van der Waals surface area contributed by atoms with E-state index < -0.39 is 0 Å². The molecule has 0 fully saturated rings. The molecule has 0 saturated carbocycles. The SMILES string of the molecule is [3H]c1ccc(N(N=O)c2ccc(N[C-]=O)cc2)cc1.[Y]. The first-order valence-electron chi connectivity index (χ1n) is 5.68. The normalized spacial score (nSPS) is 9.79. The molecular formula is C13H10N3O2Y-. The first-order valence-corrected chi connectivity index (χ1v) is 5.18. The molecule has 0 heterocycles. The third-order valence-corrected chi connectivity index (χ3v) is 2.33. The molecule has 0 saturated heterocycles. The van der Waals surface area contributed by atoms with E-state index in [1.807, 2.05) is 0 Å². The average molecular weight is 331 g/mol. The van der Waals surface area contributed by atoms with Crippen LogP contribution in [0.15, 0.2) is 59.9 Å². The number of rotatable bonds is 5. The predicted molar refractivity (Wildman–Crippen MR) is 70.1 cm³/mol. The van der Waals surface area contributed by atoms with E-state index in [4.69, 9.17) is 1.37 Å². The van der Waals surface area contributed by atoms with Gasteiger partial charge in [-0.2, -0.15) is 5.01 Å². The van der Waals surface area contributed by atoms with Gasteiger partial charge in [0.1, 0.15) is 0 Å². The van der Waals surface area contributed by atoms with E-state index in [2.05, 4.69) is 10.6 Å². The minimum absolute atomic E-state index is 0. The molecule has 0 unspecified atom stereocenters. The number of anilines is 3. The third-order valence-electron chi connectivity index (χ3n) is 2.33. The van der Waals surface area contributed by atoms with Crippen molar-refractivity contribution in [3.8, 4) is 0 Å². The molecule has 1 N–H and O–H groups in total. The van der Waals surface area contributed by atoms with Gasteiger partial charge in [-0.1, -0.05) is 30.3 Å². The monoisotopic (exact) mass is 331 g/mol. The number of nitrogens with zero attached hydrogens (tertiary/aromatic N) is 2. The second kappa shape index (κ2) is 7.76. The van der Waals surface area contributed by atoms with Crippen molar-refractivity contribution in [1.82, 2.24) is 0 Å². The van der Waals surface area contributed by atoms with Crippen molar-refractivity contribution in [3.05, 3.63) is 59.5 Å². The standard InChI is InChI=1S/C13H10N3O2.Y/c17-10-14-11-6-8-13(9-7-11)16(15-18)12-4-2-1-3-5-12;/h1-9H,(H,14,17);/q-1;/i1T;. The second-order valence-electron chi connectivity index (χ2n) is 3.43. The number of para-hydroxylation sites is 1. The van der Waals surface area contributed by atoms with Crippen molar-refractivity contribution in [2.75, 3.05) is 10.3 Å².